The van der Waals surface area contributed by atoms with E-state index in [-0.39, 0.29) is 11.3 Å². The molecular formula is C6H9BrO3. The normalized spacial score (nSPS) is 8.60. The largest absolute Gasteiger partial charge is 0.475 e. The van der Waals surface area contributed by atoms with E-state index in [2.05, 4.69) is 27.2 Å². The van der Waals surface area contributed by atoms with Crippen molar-refractivity contribution in [1.29, 1.82) is 0 Å². The van der Waals surface area contributed by atoms with Crippen molar-refractivity contribution in [3.05, 3.63) is 12.3 Å². The van der Waals surface area contributed by atoms with Crippen LogP contribution in [0.15, 0.2) is 12.3 Å². The number of hydrogen-bond donors (Lipinski definition) is 0. The first-order valence-corrected chi connectivity index (χ1v) is 3.89. The van der Waals surface area contributed by atoms with Gasteiger partial charge in [0.2, 0.25) is 0 Å². The molecule has 0 heterocycles. The Morgan fingerprint density at radius 2 is 2.20 bits per heavy atom. The minimum Gasteiger partial charge on any atom is -0.475 e. The summed E-state index contributed by atoms with van der Waals surface area (Å²) in [6, 6.07) is 0. The number of carbonyl (C=O) groups is 1. The van der Waals surface area contributed by atoms with Gasteiger partial charge in [0.25, 0.3) is 0 Å². The van der Waals surface area contributed by atoms with Crippen LogP contribution in [-0.2, 0) is 14.3 Å². The van der Waals surface area contributed by atoms with Crippen molar-refractivity contribution >= 4 is 21.9 Å². The minimum absolute atomic E-state index is 0.0266. The molecule has 0 aliphatic heterocycles. The molecule has 0 spiro atoms. The summed E-state index contributed by atoms with van der Waals surface area (Å²) in [7, 11) is 0. The highest BCUT2D eigenvalue weighted by Gasteiger charge is 2.06. The maximum Gasteiger partial charge on any atom is 0.372 e. The molecule has 58 valence electrons. The zero-order chi connectivity index (χ0) is 7.98. The first-order valence-electron chi connectivity index (χ1n) is 2.77. The first-order chi connectivity index (χ1) is 4.72. The Morgan fingerprint density at radius 1 is 1.60 bits per heavy atom. The molecule has 0 atom stereocenters. The summed E-state index contributed by atoms with van der Waals surface area (Å²) < 4.78 is 9.28. The first kappa shape index (κ1) is 9.49. The topological polar surface area (TPSA) is 35.5 Å². The van der Waals surface area contributed by atoms with E-state index < -0.39 is 5.97 Å². The van der Waals surface area contributed by atoms with Crippen molar-refractivity contribution in [3.63, 3.8) is 0 Å². The summed E-state index contributed by atoms with van der Waals surface area (Å²) in [5.74, 6) is -0.485. The Bertz CT molecular complexity index is 117. The minimum atomic E-state index is -0.512. The van der Waals surface area contributed by atoms with Gasteiger partial charge in [-0.15, -0.1) is 0 Å². The molecule has 3 nitrogen and oxygen atoms in total. The molecule has 0 aliphatic rings. The van der Waals surface area contributed by atoms with E-state index in [1.54, 1.807) is 6.92 Å². The third kappa shape index (κ3) is 3.50. The standard InChI is InChI=1S/C6H9BrO3/c1-3-9-6(8)5(2)10-4-7/h2-4H2,1H3. The molecular weight excluding hydrogens is 200 g/mol. The van der Waals surface area contributed by atoms with Crippen LogP contribution in [0.2, 0.25) is 0 Å². The van der Waals surface area contributed by atoms with Gasteiger partial charge in [-0.2, -0.15) is 0 Å². The Balaban J connectivity index is 3.60. The fourth-order valence-electron chi connectivity index (χ4n) is 0.336. The highest BCUT2D eigenvalue weighted by atomic mass is 79.9. The van der Waals surface area contributed by atoms with Gasteiger partial charge >= 0.3 is 5.97 Å². The lowest BCUT2D eigenvalue weighted by Gasteiger charge is -2.03. The lowest BCUT2D eigenvalue weighted by Crippen LogP contribution is -2.08. The molecule has 0 rings (SSSR count). The Labute approximate surface area is 68.1 Å². The third-order valence-electron chi connectivity index (χ3n) is 0.732. The Hall–Kier alpha value is -0.510. The highest BCUT2D eigenvalue weighted by molar-refractivity contribution is 9.09. The quantitative estimate of drug-likeness (QED) is 0.304. The van der Waals surface area contributed by atoms with Crippen LogP contribution in [0.25, 0.3) is 0 Å². The molecule has 0 aromatic heterocycles. The second-order valence-electron chi connectivity index (χ2n) is 1.40. The molecule has 10 heavy (non-hydrogen) atoms. The van der Waals surface area contributed by atoms with Crippen LogP contribution in [-0.4, -0.2) is 18.1 Å². The summed E-state index contributed by atoms with van der Waals surface area (Å²) in [6.07, 6.45) is 0. The summed E-state index contributed by atoms with van der Waals surface area (Å²) in [6.45, 7) is 5.39. The van der Waals surface area contributed by atoms with E-state index in [0.717, 1.165) is 0 Å². The zero-order valence-electron chi connectivity index (χ0n) is 5.72. The number of esters is 1. The second kappa shape index (κ2) is 5.29. The van der Waals surface area contributed by atoms with Gasteiger partial charge < -0.3 is 9.47 Å². The number of hydrogen-bond acceptors (Lipinski definition) is 3. The molecule has 0 N–H and O–H groups in total. The maximum absolute atomic E-state index is 10.7. The van der Waals surface area contributed by atoms with Crippen LogP contribution >= 0.6 is 15.9 Å². The molecule has 0 radical (unpaired) electrons. The van der Waals surface area contributed by atoms with Crippen LogP contribution in [0.1, 0.15) is 6.92 Å². The summed E-state index contributed by atoms with van der Waals surface area (Å²) >= 11 is 2.98. The zero-order valence-corrected chi connectivity index (χ0v) is 7.31. The SMILES string of the molecule is C=C(OCBr)C(=O)OCC. The van der Waals surface area contributed by atoms with Crippen molar-refractivity contribution in [2.75, 3.05) is 12.1 Å². The summed E-state index contributed by atoms with van der Waals surface area (Å²) in [5.41, 5.74) is 0.255. The number of ether oxygens (including phenoxy) is 2. The van der Waals surface area contributed by atoms with Crippen LogP contribution < -0.4 is 0 Å². The summed E-state index contributed by atoms with van der Waals surface area (Å²) in [5, 5.41) is 0. The molecule has 0 amide bonds. The summed E-state index contributed by atoms with van der Waals surface area (Å²) in [4.78, 5) is 10.7. The smallest absolute Gasteiger partial charge is 0.372 e. The average molecular weight is 209 g/mol. The van der Waals surface area contributed by atoms with Crippen molar-refractivity contribution in [2.45, 2.75) is 6.92 Å². The van der Waals surface area contributed by atoms with Crippen molar-refractivity contribution in [1.82, 2.24) is 0 Å². The lowest BCUT2D eigenvalue weighted by molar-refractivity contribution is -0.142. The van der Waals surface area contributed by atoms with Crippen molar-refractivity contribution in [2.24, 2.45) is 0 Å². The van der Waals surface area contributed by atoms with E-state index in [1.807, 2.05) is 0 Å². The van der Waals surface area contributed by atoms with E-state index >= 15 is 0 Å². The van der Waals surface area contributed by atoms with Crippen molar-refractivity contribution in [3.8, 4) is 0 Å². The Morgan fingerprint density at radius 3 is 2.60 bits per heavy atom. The molecule has 0 fully saturated rings. The molecule has 0 bridgehead atoms. The van der Waals surface area contributed by atoms with Gasteiger partial charge in [0.15, 0.2) is 5.76 Å². The van der Waals surface area contributed by atoms with Gasteiger partial charge in [0, 0.05) is 0 Å². The van der Waals surface area contributed by atoms with Crippen LogP contribution in [0, 0.1) is 0 Å². The third-order valence-corrected chi connectivity index (χ3v) is 0.961. The van der Waals surface area contributed by atoms with Gasteiger partial charge in [-0.3, -0.25) is 0 Å². The molecule has 0 saturated heterocycles. The number of rotatable bonds is 4. The lowest BCUT2D eigenvalue weighted by atomic mass is 10.6. The van der Waals surface area contributed by atoms with E-state index in [0.29, 0.717) is 6.61 Å². The highest BCUT2D eigenvalue weighted by Crippen LogP contribution is 1.98. The molecule has 4 heteroatoms. The fraction of sp³-hybridized carbons (Fsp3) is 0.500. The maximum atomic E-state index is 10.7. The van der Waals surface area contributed by atoms with E-state index in [1.165, 1.54) is 0 Å². The predicted octanol–water partition coefficient (Wildman–Crippen LogP) is 1.43. The van der Waals surface area contributed by atoms with Crippen molar-refractivity contribution < 1.29 is 14.3 Å². The van der Waals surface area contributed by atoms with Gasteiger partial charge in [-0.1, -0.05) is 0 Å². The van der Waals surface area contributed by atoms with Gasteiger partial charge in [-0.25, -0.2) is 4.79 Å². The predicted molar refractivity (Wildman–Crippen MR) is 40.7 cm³/mol. The number of carbonyl (C=O) groups excluding carboxylic acids is 1. The average Bonchev–Trinajstić information content (AvgIpc) is 1.89. The Kier molecular flexibility index (Phi) is 5.02. The van der Waals surface area contributed by atoms with Gasteiger partial charge in [0.1, 0.15) is 5.52 Å². The van der Waals surface area contributed by atoms with E-state index in [4.69, 9.17) is 4.74 Å². The van der Waals surface area contributed by atoms with Crippen LogP contribution in [0.4, 0.5) is 0 Å². The second-order valence-corrected chi connectivity index (χ2v) is 1.85. The molecule has 0 unspecified atom stereocenters. The monoisotopic (exact) mass is 208 g/mol. The fourth-order valence-corrected chi connectivity index (χ4v) is 0.613. The van der Waals surface area contributed by atoms with Gasteiger partial charge in [0.05, 0.1) is 6.61 Å². The van der Waals surface area contributed by atoms with Crippen LogP contribution in [0.3, 0.4) is 0 Å². The number of halogens is 1. The molecule has 0 aromatic carbocycles. The van der Waals surface area contributed by atoms with Gasteiger partial charge in [-0.05, 0) is 29.4 Å². The molecule has 0 aromatic rings. The molecule has 0 aliphatic carbocycles. The van der Waals surface area contributed by atoms with E-state index in [9.17, 15) is 4.79 Å². The van der Waals surface area contributed by atoms with Crippen LogP contribution in [0.5, 0.6) is 0 Å². The number of alkyl halides is 1. The molecule has 0 saturated carbocycles.